The number of hydrogen-bond acceptors (Lipinski definition) is 4. The molecule has 1 aromatic carbocycles. The van der Waals surface area contributed by atoms with Crippen molar-refractivity contribution in [2.24, 2.45) is 0 Å². The van der Waals surface area contributed by atoms with Gasteiger partial charge in [0.2, 0.25) is 0 Å². The molecule has 0 saturated carbocycles. The molecule has 0 bridgehead atoms. The predicted molar refractivity (Wildman–Crippen MR) is 80.9 cm³/mol. The molecule has 0 amide bonds. The summed E-state index contributed by atoms with van der Waals surface area (Å²) >= 11 is 10.4. The Morgan fingerprint density at radius 3 is 2.74 bits per heavy atom. The van der Waals surface area contributed by atoms with Gasteiger partial charge in [0.15, 0.2) is 5.16 Å². The van der Waals surface area contributed by atoms with Gasteiger partial charge in [-0.05, 0) is 46.8 Å². The first-order valence-electron chi connectivity index (χ1n) is 5.31. The molecule has 19 heavy (non-hydrogen) atoms. The zero-order valence-electron chi connectivity index (χ0n) is 10.2. The molecule has 0 aliphatic heterocycles. The molecule has 2 rings (SSSR count). The molecule has 1 aromatic heterocycles. The summed E-state index contributed by atoms with van der Waals surface area (Å²) in [6.45, 7) is 1.88. The summed E-state index contributed by atoms with van der Waals surface area (Å²) in [5.74, 6) is 0.201. The van der Waals surface area contributed by atoms with Crippen molar-refractivity contribution >= 4 is 50.8 Å². The van der Waals surface area contributed by atoms with E-state index in [-0.39, 0.29) is 5.82 Å². The Bertz CT molecular complexity index is 624. The van der Waals surface area contributed by atoms with E-state index in [1.807, 2.05) is 13.2 Å². The SMILES string of the molecule is CSc1nc(Cl)cc(Nc2cc(F)c(Br)cc2C)n1. The number of nitrogens with zero attached hydrogens (tertiary/aromatic N) is 2. The van der Waals surface area contributed by atoms with Gasteiger partial charge in [0.05, 0.1) is 4.47 Å². The van der Waals surface area contributed by atoms with E-state index in [2.05, 4.69) is 31.2 Å². The third-order valence-electron chi connectivity index (χ3n) is 2.39. The molecule has 0 aliphatic carbocycles. The van der Waals surface area contributed by atoms with Crippen molar-refractivity contribution in [2.45, 2.75) is 12.1 Å². The lowest BCUT2D eigenvalue weighted by Gasteiger charge is -2.10. The number of halogens is 3. The number of rotatable bonds is 3. The highest BCUT2D eigenvalue weighted by Crippen LogP contribution is 2.27. The number of aryl methyl sites for hydroxylation is 1. The molecule has 1 N–H and O–H groups in total. The highest BCUT2D eigenvalue weighted by Gasteiger charge is 2.08. The molecular weight excluding hydrogens is 353 g/mol. The minimum absolute atomic E-state index is 0.335. The minimum atomic E-state index is -0.335. The first-order chi connectivity index (χ1) is 8.99. The summed E-state index contributed by atoms with van der Waals surface area (Å²) in [6.07, 6.45) is 1.86. The van der Waals surface area contributed by atoms with Crippen LogP contribution in [0.1, 0.15) is 5.56 Å². The van der Waals surface area contributed by atoms with E-state index in [0.29, 0.717) is 26.3 Å². The molecule has 2 aromatic rings. The predicted octanol–water partition coefficient (Wildman–Crippen LogP) is 4.81. The van der Waals surface area contributed by atoms with Crippen molar-refractivity contribution in [1.82, 2.24) is 9.97 Å². The van der Waals surface area contributed by atoms with Crippen molar-refractivity contribution in [2.75, 3.05) is 11.6 Å². The van der Waals surface area contributed by atoms with E-state index in [0.717, 1.165) is 5.56 Å². The summed E-state index contributed by atoms with van der Waals surface area (Å²) in [4.78, 5) is 8.31. The van der Waals surface area contributed by atoms with Crippen LogP contribution < -0.4 is 5.32 Å². The van der Waals surface area contributed by atoms with E-state index < -0.39 is 0 Å². The molecule has 1 heterocycles. The number of anilines is 2. The maximum atomic E-state index is 13.5. The zero-order valence-corrected chi connectivity index (χ0v) is 13.3. The first-order valence-corrected chi connectivity index (χ1v) is 7.70. The van der Waals surface area contributed by atoms with Crippen LogP contribution in [0.5, 0.6) is 0 Å². The zero-order chi connectivity index (χ0) is 14.0. The molecule has 100 valence electrons. The van der Waals surface area contributed by atoms with Gasteiger partial charge in [-0.25, -0.2) is 14.4 Å². The fourth-order valence-corrected chi connectivity index (χ4v) is 2.54. The second-order valence-electron chi connectivity index (χ2n) is 3.77. The van der Waals surface area contributed by atoms with Gasteiger partial charge in [-0.3, -0.25) is 0 Å². The monoisotopic (exact) mass is 361 g/mol. The fraction of sp³-hybridized carbons (Fsp3) is 0.167. The molecule has 0 spiro atoms. The highest BCUT2D eigenvalue weighted by atomic mass is 79.9. The van der Waals surface area contributed by atoms with Crippen LogP contribution >= 0.6 is 39.3 Å². The minimum Gasteiger partial charge on any atom is -0.340 e. The molecule has 3 nitrogen and oxygen atoms in total. The lowest BCUT2D eigenvalue weighted by molar-refractivity contribution is 0.621. The Morgan fingerprint density at radius 1 is 1.32 bits per heavy atom. The average Bonchev–Trinajstić information content (AvgIpc) is 2.35. The Balaban J connectivity index is 2.36. The third kappa shape index (κ3) is 3.58. The van der Waals surface area contributed by atoms with E-state index in [1.54, 1.807) is 12.1 Å². The lowest BCUT2D eigenvalue weighted by Crippen LogP contribution is -1.99. The van der Waals surface area contributed by atoms with Crippen molar-refractivity contribution < 1.29 is 4.39 Å². The fourth-order valence-electron chi connectivity index (χ4n) is 1.47. The smallest absolute Gasteiger partial charge is 0.190 e. The van der Waals surface area contributed by atoms with Crippen LogP contribution in [0.25, 0.3) is 0 Å². The summed E-state index contributed by atoms with van der Waals surface area (Å²) in [7, 11) is 0. The number of nitrogens with one attached hydrogen (secondary N) is 1. The molecule has 0 saturated heterocycles. The number of aromatic nitrogens is 2. The summed E-state index contributed by atoms with van der Waals surface area (Å²) in [6, 6.07) is 4.71. The van der Waals surface area contributed by atoms with Crippen molar-refractivity contribution in [3.8, 4) is 0 Å². The second-order valence-corrected chi connectivity index (χ2v) is 5.78. The Labute approximate surface area is 128 Å². The molecule has 0 radical (unpaired) electrons. The maximum Gasteiger partial charge on any atom is 0.190 e. The van der Waals surface area contributed by atoms with E-state index in [1.165, 1.54) is 17.8 Å². The molecule has 7 heteroatoms. The van der Waals surface area contributed by atoms with E-state index in [9.17, 15) is 4.39 Å². The van der Waals surface area contributed by atoms with Crippen LogP contribution in [0.3, 0.4) is 0 Å². The van der Waals surface area contributed by atoms with Gasteiger partial charge in [0, 0.05) is 11.8 Å². The van der Waals surface area contributed by atoms with Crippen LogP contribution in [0.4, 0.5) is 15.9 Å². The van der Waals surface area contributed by atoms with Gasteiger partial charge < -0.3 is 5.32 Å². The van der Waals surface area contributed by atoms with Crippen LogP contribution in [0.15, 0.2) is 27.8 Å². The van der Waals surface area contributed by atoms with Crippen molar-refractivity contribution in [3.63, 3.8) is 0 Å². The lowest BCUT2D eigenvalue weighted by atomic mass is 10.2. The van der Waals surface area contributed by atoms with Crippen LogP contribution in [0.2, 0.25) is 5.15 Å². The van der Waals surface area contributed by atoms with Gasteiger partial charge in [0.25, 0.3) is 0 Å². The molecule has 0 fully saturated rings. The largest absolute Gasteiger partial charge is 0.340 e. The standard InChI is InChI=1S/C12H10BrClFN3S/c1-6-3-7(13)8(15)4-9(6)16-11-5-10(14)17-12(18-11)19-2/h3-5H,1-2H3,(H,16,17,18). The molecule has 0 atom stereocenters. The second kappa shape index (κ2) is 6.07. The van der Waals surface area contributed by atoms with E-state index >= 15 is 0 Å². The Kier molecular flexibility index (Phi) is 4.65. The molecular formula is C12H10BrClFN3S. The van der Waals surface area contributed by atoms with Gasteiger partial charge in [-0.1, -0.05) is 23.4 Å². The summed E-state index contributed by atoms with van der Waals surface area (Å²) in [5.41, 5.74) is 1.54. The number of hydrogen-bond donors (Lipinski definition) is 1. The van der Waals surface area contributed by atoms with Crippen molar-refractivity contribution in [1.29, 1.82) is 0 Å². The summed E-state index contributed by atoms with van der Waals surface area (Å²) in [5, 5.41) is 3.95. The van der Waals surface area contributed by atoms with Gasteiger partial charge >= 0.3 is 0 Å². The Morgan fingerprint density at radius 2 is 2.05 bits per heavy atom. The Hall–Kier alpha value is -0.850. The quantitative estimate of drug-likeness (QED) is 0.483. The summed E-state index contributed by atoms with van der Waals surface area (Å²) < 4.78 is 14.0. The van der Waals surface area contributed by atoms with Crippen LogP contribution in [-0.4, -0.2) is 16.2 Å². The van der Waals surface area contributed by atoms with Gasteiger partial charge in [-0.2, -0.15) is 0 Å². The molecule has 0 unspecified atom stereocenters. The number of thioether (sulfide) groups is 1. The normalized spacial score (nSPS) is 10.6. The van der Waals surface area contributed by atoms with Crippen molar-refractivity contribution in [3.05, 3.63) is 39.2 Å². The average molecular weight is 363 g/mol. The third-order valence-corrected chi connectivity index (χ3v) is 3.74. The maximum absolute atomic E-state index is 13.5. The highest BCUT2D eigenvalue weighted by molar-refractivity contribution is 9.10. The topological polar surface area (TPSA) is 37.8 Å². The van der Waals surface area contributed by atoms with Crippen LogP contribution in [-0.2, 0) is 0 Å². The van der Waals surface area contributed by atoms with Crippen LogP contribution in [0, 0.1) is 12.7 Å². The first kappa shape index (κ1) is 14.6. The molecule has 0 aliphatic rings. The van der Waals surface area contributed by atoms with Gasteiger partial charge in [-0.15, -0.1) is 0 Å². The van der Waals surface area contributed by atoms with Gasteiger partial charge in [0.1, 0.15) is 16.8 Å². The van der Waals surface area contributed by atoms with E-state index in [4.69, 9.17) is 11.6 Å². The number of benzene rings is 1.